The average molecular weight is 543 g/mol. The summed E-state index contributed by atoms with van der Waals surface area (Å²) >= 11 is 0. The van der Waals surface area contributed by atoms with Gasteiger partial charge in [0.25, 0.3) is 0 Å². The second-order valence-electron chi connectivity index (χ2n) is 8.94. The summed E-state index contributed by atoms with van der Waals surface area (Å²) in [6.07, 6.45) is 8.13. The highest BCUT2D eigenvalue weighted by Gasteiger charge is 2.30. The standard InChI is InChI=1S/C23H37N5O2.HI/c1-18-3-5-21(6-4-18)30-22-15-19(7-9-25-22)16-26-23(24-2)28-10-8-20(17-28)27-11-13-29-14-12-27;/h7,9,15,18,20-21H,3-6,8,10-14,16-17H2,1-2H3,(H,24,26);1H. The zero-order valence-electron chi connectivity index (χ0n) is 19.0. The van der Waals surface area contributed by atoms with Crippen LogP contribution in [0.3, 0.4) is 0 Å². The quantitative estimate of drug-likeness (QED) is 0.350. The molecule has 3 heterocycles. The largest absolute Gasteiger partial charge is 0.474 e. The van der Waals surface area contributed by atoms with Crippen LogP contribution in [-0.4, -0.2) is 79.3 Å². The van der Waals surface area contributed by atoms with Crippen molar-refractivity contribution < 1.29 is 9.47 Å². The first-order chi connectivity index (χ1) is 14.7. The third-order valence-corrected chi connectivity index (χ3v) is 6.74. The van der Waals surface area contributed by atoms with E-state index < -0.39 is 0 Å². The Morgan fingerprint density at radius 2 is 1.97 bits per heavy atom. The number of likely N-dealkylation sites (tertiary alicyclic amines) is 1. The van der Waals surface area contributed by atoms with E-state index in [-0.39, 0.29) is 24.0 Å². The van der Waals surface area contributed by atoms with Crippen molar-refractivity contribution in [3.63, 3.8) is 0 Å². The summed E-state index contributed by atoms with van der Waals surface area (Å²) in [6.45, 7) is 8.94. The number of aliphatic imine (C=N–C) groups is 1. The molecule has 1 aromatic rings. The van der Waals surface area contributed by atoms with Crippen LogP contribution in [0.1, 0.15) is 44.6 Å². The van der Waals surface area contributed by atoms with E-state index >= 15 is 0 Å². The summed E-state index contributed by atoms with van der Waals surface area (Å²) in [5.74, 6) is 2.55. The number of aromatic nitrogens is 1. The van der Waals surface area contributed by atoms with E-state index in [1.807, 2.05) is 13.2 Å². The van der Waals surface area contributed by atoms with Crippen LogP contribution in [0.5, 0.6) is 5.88 Å². The van der Waals surface area contributed by atoms with Crippen molar-refractivity contribution in [2.24, 2.45) is 10.9 Å². The van der Waals surface area contributed by atoms with Crippen LogP contribution >= 0.6 is 24.0 Å². The molecule has 0 radical (unpaired) electrons. The van der Waals surface area contributed by atoms with E-state index in [1.54, 1.807) is 0 Å². The summed E-state index contributed by atoms with van der Waals surface area (Å²) in [6, 6.07) is 4.72. The predicted octanol–water partition coefficient (Wildman–Crippen LogP) is 3.14. The highest BCUT2D eigenvalue weighted by molar-refractivity contribution is 14.0. The number of nitrogens with zero attached hydrogens (tertiary/aromatic N) is 4. The average Bonchev–Trinajstić information content (AvgIpc) is 3.27. The number of hydrogen-bond donors (Lipinski definition) is 1. The second kappa shape index (κ2) is 12.2. The summed E-state index contributed by atoms with van der Waals surface area (Å²) in [5, 5.41) is 3.54. The van der Waals surface area contributed by atoms with Crippen molar-refractivity contribution in [2.45, 2.75) is 57.7 Å². The number of morpholine rings is 1. The van der Waals surface area contributed by atoms with Crippen LogP contribution in [0, 0.1) is 5.92 Å². The van der Waals surface area contributed by atoms with Gasteiger partial charge in [0.05, 0.1) is 13.2 Å². The molecule has 2 aliphatic heterocycles. The maximum atomic E-state index is 6.16. The molecular weight excluding hydrogens is 505 g/mol. The zero-order chi connectivity index (χ0) is 20.8. The minimum absolute atomic E-state index is 0. The summed E-state index contributed by atoms with van der Waals surface area (Å²) in [5.41, 5.74) is 1.18. The molecule has 174 valence electrons. The lowest BCUT2D eigenvalue weighted by atomic mass is 9.89. The fraction of sp³-hybridized carbons (Fsp3) is 0.739. The highest BCUT2D eigenvalue weighted by Crippen LogP contribution is 2.26. The fourth-order valence-corrected chi connectivity index (χ4v) is 4.83. The van der Waals surface area contributed by atoms with Crippen LogP contribution in [0.25, 0.3) is 0 Å². The number of rotatable bonds is 5. The summed E-state index contributed by atoms with van der Waals surface area (Å²) in [7, 11) is 1.87. The normalized spacial score (nSPS) is 27.6. The molecule has 0 spiro atoms. The number of halogens is 1. The van der Waals surface area contributed by atoms with Gasteiger partial charge in [0.1, 0.15) is 6.10 Å². The lowest BCUT2D eigenvalue weighted by Gasteiger charge is -2.32. The van der Waals surface area contributed by atoms with Crippen molar-refractivity contribution in [1.29, 1.82) is 0 Å². The molecule has 31 heavy (non-hydrogen) atoms. The molecule has 1 N–H and O–H groups in total. The Hall–Kier alpha value is -1.13. The Kier molecular flexibility index (Phi) is 9.65. The lowest BCUT2D eigenvalue weighted by molar-refractivity contribution is 0.0195. The Morgan fingerprint density at radius 1 is 1.19 bits per heavy atom. The predicted molar refractivity (Wildman–Crippen MR) is 134 cm³/mol. The topological polar surface area (TPSA) is 62.2 Å². The first-order valence-corrected chi connectivity index (χ1v) is 11.6. The molecule has 0 aromatic carbocycles. The molecule has 2 saturated heterocycles. The van der Waals surface area contributed by atoms with Crippen LogP contribution < -0.4 is 10.1 Å². The Morgan fingerprint density at radius 3 is 2.71 bits per heavy atom. The Bertz CT molecular complexity index is 705. The Balaban J connectivity index is 0.00000272. The summed E-state index contributed by atoms with van der Waals surface area (Å²) in [4.78, 5) is 13.9. The Labute approximate surface area is 204 Å². The van der Waals surface area contributed by atoms with Crippen molar-refractivity contribution in [3.8, 4) is 5.88 Å². The van der Waals surface area contributed by atoms with Gasteiger partial charge in [-0.15, -0.1) is 24.0 Å². The van der Waals surface area contributed by atoms with E-state index in [9.17, 15) is 0 Å². The third kappa shape index (κ3) is 6.92. The molecule has 4 rings (SSSR count). The molecule has 1 atom stereocenters. The molecule has 7 nitrogen and oxygen atoms in total. The second-order valence-corrected chi connectivity index (χ2v) is 8.94. The van der Waals surface area contributed by atoms with Gasteiger partial charge in [-0.3, -0.25) is 9.89 Å². The van der Waals surface area contributed by atoms with E-state index in [4.69, 9.17) is 9.47 Å². The minimum atomic E-state index is 0. The van der Waals surface area contributed by atoms with Gasteiger partial charge in [0.15, 0.2) is 5.96 Å². The maximum Gasteiger partial charge on any atom is 0.213 e. The molecule has 1 unspecified atom stereocenters. The number of pyridine rings is 1. The van der Waals surface area contributed by atoms with Gasteiger partial charge in [-0.1, -0.05) is 6.92 Å². The molecule has 0 amide bonds. The van der Waals surface area contributed by atoms with Crippen molar-refractivity contribution >= 4 is 29.9 Å². The van der Waals surface area contributed by atoms with Gasteiger partial charge in [0.2, 0.25) is 5.88 Å². The monoisotopic (exact) mass is 543 g/mol. The molecule has 3 fully saturated rings. The van der Waals surface area contributed by atoms with Crippen molar-refractivity contribution in [3.05, 3.63) is 23.9 Å². The first kappa shape index (κ1) is 24.5. The van der Waals surface area contributed by atoms with Crippen LogP contribution in [0.4, 0.5) is 0 Å². The third-order valence-electron chi connectivity index (χ3n) is 6.74. The number of nitrogens with one attached hydrogen (secondary N) is 1. The van der Waals surface area contributed by atoms with Crippen LogP contribution in [0.2, 0.25) is 0 Å². The highest BCUT2D eigenvalue weighted by atomic mass is 127. The SMILES string of the molecule is CN=C(NCc1ccnc(OC2CCC(C)CC2)c1)N1CCC(N2CCOCC2)C1.I. The van der Waals surface area contributed by atoms with Gasteiger partial charge >= 0.3 is 0 Å². The fourth-order valence-electron chi connectivity index (χ4n) is 4.83. The van der Waals surface area contributed by atoms with Crippen molar-refractivity contribution in [1.82, 2.24) is 20.1 Å². The molecule has 8 heteroatoms. The zero-order valence-corrected chi connectivity index (χ0v) is 21.3. The number of ether oxygens (including phenoxy) is 2. The van der Waals surface area contributed by atoms with Gasteiger partial charge in [0, 0.05) is 58.1 Å². The minimum Gasteiger partial charge on any atom is -0.474 e. The van der Waals surface area contributed by atoms with E-state index in [1.165, 1.54) is 24.8 Å². The molecular formula is C23H38IN5O2. The smallest absolute Gasteiger partial charge is 0.213 e. The van der Waals surface area contributed by atoms with Gasteiger partial charge in [-0.25, -0.2) is 4.98 Å². The van der Waals surface area contributed by atoms with E-state index in [0.29, 0.717) is 12.1 Å². The maximum absolute atomic E-state index is 6.16. The van der Waals surface area contributed by atoms with Gasteiger partial charge in [-0.2, -0.15) is 0 Å². The van der Waals surface area contributed by atoms with Crippen LogP contribution in [-0.2, 0) is 11.3 Å². The first-order valence-electron chi connectivity index (χ1n) is 11.6. The molecule has 3 aliphatic rings. The molecule has 0 bridgehead atoms. The van der Waals surface area contributed by atoms with Crippen LogP contribution in [0.15, 0.2) is 23.3 Å². The van der Waals surface area contributed by atoms with Gasteiger partial charge in [-0.05, 0) is 49.7 Å². The summed E-state index contributed by atoms with van der Waals surface area (Å²) < 4.78 is 11.7. The molecule has 1 aromatic heterocycles. The lowest BCUT2D eigenvalue weighted by Crippen LogP contribution is -2.46. The number of guanidine groups is 1. The molecule has 1 saturated carbocycles. The molecule has 1 aliphatic carbocycles. The van der Waals surface area contributed by atoms with Gasteiger partial charge < -0.3 is 19.7 Å². The number of hydrogen-bond acceptors (Lipinski definition) is 5. The van der Waals surface area contributed by atoms with Crippen molar-refractivity contribution in [2.75, 3.05) is 46.4 Å². The van der Waals surface area contributed by atoms with E-state index in [0.717, 1.165) is 76.5 Å². The van der Waals surface area contributed by atoms with E-state index in [2.05, 4.69) is 44.1 Å².